The highest BCUT2D eigenvalue weighted by Crippen LogP contribution is 2.26. The van der Waals surface area contributed by atoms with Crippen molar-refractivity contribution < 1.29 is 13.2 Å². The highest BCUT2D eigenvalue weighted by molar-refractivity contribution is 7.90. The molecule has 31 heavy (non-hydrogen) atoms. The van der Waals surface area contributed by atoms with Gasteiger partial charge in [0.1, 0.15) is 4.90 Å². The first-order chi connectivity index (χ1) is 14.9. The number of nitrogens with one attached hydrogen (secondary N) is 1. The Kier molecular flexibility index (Phi) is 6.38. The van der Waals surface area contributed by atoms with Gasteiger partial charge in [-0.1, -0.05) is 42.8 Å². The molecule has 2 aromatic carbocycles. The van der Waals surface area contributed by atoms with Crippen LogP contribution >= 0.6 is 0 Å². The van der Waals surface area contributed by atoms with Gasteiger partial charge in [-0.15, -0.1) is 4.40 Å². The topological polar surface area (TPSA) is 82.1 Å². The lowest BCUT2D eigenvalue weighted by Gasteiger charge is -2.26. The van der Waals surface area contributed by atoms with Gasteiger partial charge in [-0.25, -0.2) is 0 Å². The highest BCUT2D eigenvalue weighted by atomic mass is 32.2. The van der Waals surface area contributed by atoms with Crippen LogP contribution < -0.4 is 5.32 Å². The van der Waals surface area contributed by atoms with E-state index in [2.05, 4.69) is 26.7 Å². The van der Waals surface area contributed by atoms with E-state index in [4.69, 9.17) is 0 Å². The fraction of sp³-hybridized carbons (Fsp3) is 0.391. The number of fused-ring (bicyclic) bond motifs is 1. The van der Waals surface area contributed by atoms with Gasteiger partial charge in [0.2, 0.25) is 5.91 Å². The third-order valence-corrected chi connectivity index (χ3v) is 7.05. The molecule has 2 aliphatic heterocycles. The fourth-order valence-corrected chi connectivity index (χ4v) is 5.30. The van der Waals surface area contributed by atoms with Crippen LogP contribution in [-0.4, -0.2) is 56.6 Å². The Balaban J connectivity index is 1.29. The molecule has 0 aliphatic carbocycles. The average molecular weight is 441 g/mol. The molecule has 2 aliphatic rings. The number of piperidine rings is 1. The first-order valence-corrected chi connectivity index (χ1v) is 12.1. The number of hydrogen-bond acceptors (Lipinski definition) is 5. The monoisotopic (exact) mass is 440 g/mol. The molecule has 0 aromatic heterocycles. The predicted octanol–water partition coefficient (Wildman–Crippen LogP) is 2.37. The fourth-order valence-electron chi connectivity index (χ4n) is 4.05. The summed E-state index contributed by atoms with van der Waals surface area (Å²) in [4.78, 5) is 16.7. The molecule has 1 amide bonds. The molecular formula is C23H28N4O3S. The van der Waals surface area contributed by atoms with Crippen LogP contribution in [0.2, 0.25) is 0 Å². The van der Waals surface area contributed by atoms with Crippen molar-refractivity contribution >= 4 is 21.8 Å². The molecule has 7 nitrogen and oxygen atoms in total. The van der Waals surface area contributed by atoms with E-state index in [0.717, 1.165) is 12.1 Å². The second-order valence-electron chi connectivity index (χ2n) is 8.17. The van der Waals surface area contributed by atoms with E-state index in [1.54, 1.807) is 30.1 Å². The van der Waals surface area contributed by atoms with Gasteiger partial charge in [-0.3, -0.25) is 9.69 Å². The molecular weight excluding hydrogens is 412 g/mol. The number of likely N-dealkylation sites (tertiary alicyclic amines) is 1. The molecule has 2 heterocycles. The van der Waals surface area contributed by atoms with Crippen LogP contribution in [-0.2, 0) is 27.9 Å². The predicted molar refractivity (Wildman–Crippen MR) is 120 cm³/mol. The van der Waals surface area contributed by atoms with Crippen LogP contribution in [0.25, 0.3) is 0 Å². The summed E-state index contributed by atoms with van der Waals surface area (Å²) in [7, 11) is -2.02. The van der Waals surface area contributed by atoms with Crippen LogP contribution in [0.15, 0.2) is 57.8 Å². The minimum absolute atomic E-state index is 0.0235. The van der Waals surface area contributed by atoms with Crippen molar-refractivity contribution in [2.24, 2.45) is 4.40 Å². The van der Waals surface area contributed by atoms with Gasteiger partial charge in [0.15, 0.2) is 5.84 Å². The molecule has 0 atom stereocenters. The maximum absolute atomic E-state index is 12.4. The van der Waals surface area contributed by atoms with E-state index in [1.807, 2.05) is 12.1 Å². The molecule has 0 radical (unpaired) electrons. The smallest absolute Gasteiger partial charge is 0.285 e. The standard InChI is InChI=1S/C23H28N4O3S/c1-26(23-20-7-3-4-8-21(20)31(29,30)25-23)17-22(28)24-15-18-9-11-19(12-10-18)16-27-13-5-2-6-14-27/h3-4,7-12H,2,5-6,13-17H2,1H3,(H,24,28). The Morgan fingerprint density at radius 3 is 2.45 bits per heavy atom. The normalized spacial score (nSPS) is 17.6. The third kappa shape index (κ3) is 5.14. The molecule has 1 fully saturated rings. The summed E-state index contributed by atoms with van der Waals surface area (Å²) in [5.74, 6) is 0.109. The van der Waals surface area contributed by atoms with Crippen molar-refractivity contribution in [3.63, 3.8) is 0 Å². The maximum Gasteiger partial charge on any atom is 0.285 e. The van der Waals surface area contributed by atoms with Crippen molar-refractivity contribution in [2.75, 3.05) is 26.7 Å². The average Bonchev–Trinajstić information content (AvgIpc) is 3.05. The Labute approximate surface area is 183 Å². The van der Waals surface area contributed by atoms with Crippen LogP contribution in [0, 0.1) is 0 Å². The molecule has 2 aromatic rings. The molecule has 1 N–H and O–H groups in total. The lowest BCUT2D eigenvalue weighted by molar-refractivity contribution is -0.121. The number of likely N-dealkylation sites (N-methyl/N-ethyl adjacent to an activating group) is 1. The quantitative estimate of drug-likeness (QED) is 0.746. The number of carbonyl (C=O) groups is 1. The Hall–Kier alpha value is -2.71. The number of rotatable bonds is 6. The summed E-state index contributed by atoms with van der Waals surface area (Å²) >= 11 is 0. The second-order valence-corrected chi connectivity index (χ2v) is 9.74. The number of nitrogens with zero attached hydrogens (tertiary/aromatic N) is 3. The zero-order chi connectivity index (χ0) is 21.8. The molecule has 0 saturated carbocycles. The van der Waals surface area contributed by atoms with E-state index >= 15 is 0 Å². The number of benzene rings is 2. The minimum atomic E-state index is -3.69. The van der Waals surface area contributed by atoms with Gasteiger partial charge in [-0.2, -0.15) is 8.42 Å². The summed E-state index contributed by atoms with van der Waals surface area (Å²) in [5, 5.41) is 2.90. The Morgan fingerprint density at radius 2 is 1.71 bits per heavy atom. The Bertz CT molecular complexity index is 1070. The molecule has 0 bridgehead atoms. The largest absolute Gasteiger partial charge is 0.350 e. The first kappa shape index (κ1) is 21.5. The van der Waals surface area contributed by atoms with E-state index < -0.39 is 10.0 Å². The molecule has 164 valence electrons. The summed E-state index contributed by atoms with van der Waals surface area (Å²) in [6, 6.07) is 15.0. The second kappa shape index (κ2) is 9.20. The lowest BCUT2D eigenvalue weighted by atomic mass is 10.1. The van der Waals surface area contributed by atoms with Crippen LogP contribution in [0.1, 0.15) is 36.0 Å². The summed E-state index contributed by atoms with van der Waals surface area (Å²) in [5.41, 5.74) is 2.85. The summed E-state index contributed by atoms with van der Waals surface area (Å²) < 4.78 is 28.2. The third-order valence-electron chi connectivity index (χ3n) is 5.72. The van der Waals surface area contributed by atoms with Gasteiger partial charge >= 0.3 is 0 Å². The summed E-state index contributed by atoms with van der Waals surface area (Å²) in [6.45, 7) is 3.77. The number of amidine groups is 1. The van der Waals surface area contributed by atoms with Crippen LogP contribution in [0.3, 0.4) is 0 Å². The molecule has 1 saturated heterocycles. The van der Waals surface area contributed by atoms with E-state index in [-0.39, 0.29) is 17.3 Å². The number of carbonyl (C=O) groups excluding carboxylic acids is 1. The summed E-state index contributed by atoms with van der Waals surface area (Å²) in [6.07, 6.45) is 3.89. The van der Waals surface area contributed by atoms with Crippen molar-refractivity contribution in [3.8, 4) is 0 Å². The highest BCUT2D eigenvalue weighted by Gasteiger charge is 2.30. The van der Waals surface area contributed by atoms with Crippen molar-refractivity contribution in [1.82, 2.24) is 15.1 Å². The maximum atomic E-state index is 12.4. The van der Waals surface area contributed by atoms with Gasteiger partial charge in [0.25, 0.3) is 10.0 Å². The zero-order valence-electron chi connectivity index (χ0n) is 17.8. The molecule has 8 heteroatoms. The molecule has 0 spiro atoms. The van der Waals surface area contributed by atoms with Crippen molar-refractivity contribution in [3.05, 3.63) is 65.2 Å². The first-order valence-electron chi connectivity index (χ1n) is 10.6. The Morgan fingerprint density at radius 1 is 1.03 bits per heavy atom. The van der Waals surface area contributed by atoms with Crippen molar-refractivity contribution in [1.29, 1.82) is 0 Å². The lowest BCUT2D eigenvalue weighted by Crippen LogP contribution is -2.38. The van der Waals surface area contributed by atoms with E-state index in [9.17, 15) is 13.2 Å². The SMILES string of the molecule is CN(CC(=O)NCc1ccc(CN2CCCCC2)cc1)C1=NS(=O)(=O)c2ccccc21. The van der Waals surface area contributed by atoms with Gasteiger partial charge in [-0.05, 0) is 49.2 Å². The molecule has 0 unspecified atom stereocenters. The van der Waals surface area contributed by atoms with E-state index in [0.29, 0.717) is 17.9 Å². The van der Waals surface area contributed by atoms with Crippen LogP contribution in [0.4, 0.5) is 0 Å². The van der Waals surface area contributed by atoms with Gasteiger partial charge < -0.3 is 10.2 Å². The number of amides is 1. The zero-order valence-corrected chi connectivity index (χ0v) is 18.6. The van der Waals surface area contributed by atoms with E-state index in [1.165, 1.54) is 44.0 Å². The number of hydrogen-bond donors (Lipinski definition) is 1. The molecule has 4 rings (SSSR count). The van der Waals surface area contributed by atoms with Gasteiger partial charge in [0, 0.05) is 25.7 Å². The van der Waals surface area contributed by atoms with Crippen LogP contribution in [0.5, 0.6) is 0 Å². The van der Waals surface area contributed by atoms with Crippen molar-refractivity contribution in [2.45, 2.75) is 37.2 Å². The number of sulfonamides is 1. The minimum Gasteiger partial charge on any atom is -0.350 e. The van der Waals surface area contributed by atoms with Gasteiger partial charge in [0.05, 0.1) is 6.54 Å².